The molecule has 0 radical (unpaired) electrons. The van der Waals surface area contributed by atoms with Crippen LogP contribution in [0.3, 0.4) is 0 Å². The minimum absolute atomic E-state index is 0.0251. The average Bonchev–Trinajstić information content (AvgIpc) is 2.70. The van der Waals surface area contributed by atoms with E-state index >= 15 is 0 Å². The molecule has 1 unspecified atom stereocenters. The zero-order valence-electron chi connectivity index (χ0n) is 10.1. The molecule has 0 aromatic carbocycles. The van der Waals surface area contributed by atoms with Gasteiger partial charge in [0, 0.05) is 13.1 Å². The van der Waals surface area contributed by atoms with E-state index in [1.54, 1.807) is 0 Å². The molecular weight excluding hydrogens is 274 g/mol. The summed E-state index contributed by atoms with van der Waals surface area (Å²) in [6, 6.07) is 0.0218. The molecule has 0 fully saturated rings. The first kappa shape index (κ1) is 15.0. The van der Waals surface area contributed by atoms with Crippen molar-refractivity contribution in [1.29, 1.82) is 0 Å². The van der Waals surface area contributed by atoms with Gasteiger partial charge in [0.25, 0.3) is 11.6 Å². The highest BCUT2D eigenvalue weighted by Crippen LogP contribution is 2.15. The van der Waals surface area contributed by atoms with Crippen LogP contribution in [0, 0.1) is 10.1 Å². The predicted molar refractivity (Wildman–Crippen MR) is 69.4 cm³/mol. The van der Waals surface area contributed by atoms with E-state index in [9.17, 15) is 19.7 Å². The van der Waals surface area contributed by atoms with Crippen LogP contribution in [-0.2, 0) is 11.8 Å². The van der Waals surface area contributed by atoms with E-state index in [1.165, 1.54) is 17.8 Å². The Labute approximate surface area is 114 Å². The third-order valence-electron chi connectivity index (χ3n) is 2.46. The Bertz CT molecular complexity index is 513. The van der Waals surface area contributed by atoms with Crippen LogP contribution in [-0.4, -0.2) is 38.3 Å². The van der Waals surface area contributed by atoms with Crippen LogP contribution in [0.5, 0.6) is 0 Å². The molecule has 0 spiro atoms. The van der Waals surface area contributed by atoms with Crippen molar-refractivity contribution in [1.82, 2.24) is 9.88 Å². The molecule has 0 aliphatic rings. The third-order valence-corrected chi connectivity index (χ3v) is 2.71. The number of hydrogen-bond acceptors (Lipinski definition) is 5. The van der Waals surface area contributed by atoms with Crippen molar-refractivity contribution in [3.05, 3.63) is 28.1 Å². The maximum atomic E-state index is 11.8. The fraction of sp³-hybridized carbons (Fsp3) is 0.400. The van der Waals surface area contributed by atoms with E-state index < -0.39 is 22.8 Å². The van der Waals surface area contributed by atoms with Gasteiger partial charge < -0.3 is 15.0 Å². The molecule has 8 nitrogen and oxygen atoms in total. The van der Waals surface area contributed by atoms with Crippen LogP contribution in [0.1, 0.15) is 16.9 Å². The van der Waals surface area contributed by atoms with Gasteiger partial charge in [0.2, 0.25) is 0 Å². The molecule has 0 aliphatic heterocycles. The zero-order chi connectivity index (χ0) is 14.6. The van der Waals surface area contributed by atoms with Crippen molar-refractivity contribution < 1.29 is 19.6 Å². The molecule has 104 valence electrons. The molecule has 2 N–H and O–H groups in total. The predicted octanol–water partition coefficient (Wildman–Crippen LogP) is 0.436. The molecule has 0 bridgehead atoms. The quantitative estimate of drug-likeness (QED) is 0.399. The largest absolute Gasteiger partial charge is 0.480 e. The summed E-state index contributed by atoms with van der Waals surface area (Å²) in [7, 11) is 1.47. The number of amides is 1. The highest BCUT2D eigenvalue weighted by Gasteiger charge is 2.23. The van der Waals surface area contributed by atoms with Gasteiger partial charge in [0.1, 0.15) is 11.7 Å². The monoisotopic (exact) mass is 287 g/mol. The Morgan fingerprint density at radius 1 is 1.63 bits per heavy atom. The van der Waals surface area contributed by atoms with Crippen molar-refractivity contribution in [3.8, 4) is 0 Å². The number of aromatic nitrogens is 1. The van der Waals surface area contributed by atoms with Gasteiger partial charge in [0.15, 0.2) is 0 Å². The number of thiol groups is 1. The molecule has 0 saturated heterocycles. The summed E-state index contributed by atoms with van der Waals surface area (Å²) in [5.74, 6) is -1.55. The van der Waals surface area contributed by atoms with Crippen LogP contribution < -0.4 is 5.32 Å². The van der Waals surface area contributed by atoms with Crippen molar-refractivity contribution in [2.24, 2.45) is 7.05 Å². The molecule has 1 aromatic heterocycles. The van der Waals surface area contributed by atoms with Gasteiger partial charge in [-0.15, -0.1) is 0 Å². The first-order valence-corrected chi connectivity index (χ1v) is 5.95. The average molecular weight is 287 g/mol. The van der Waals surface area contributed by atoms with Crippen LogP contribution in [0.25, 0.3) is 0 Å². The second-order valence-electron chi connectivity index (χ2n) is 3.83. The normalized spacial score (nSPS) is 11.9. The molecule has 1 rings (SSSR count). The van der Waals surface area contributed by atoms with Crippen LogP contribution in [0.15, 0.2) is 12.3 Å². The van der Waals surface area contributed by atoms with Crippen molar-refractivity contribution in [3.63, 3.8) is 0 Å². The van der Waals surface area contributed by atoms with Crippen molar-refractivity contribution in [2.45, 2.75) is 12.5 Å². The summed E-state index contributed by atoms with van der Waals surface area (Å²) in [6.07, 6.45) is 1.35. The topological polar surface area (TPSA) is 114 Å². The standard InChI is InChI=1S/C10H13N3O5S/c1-12-5-6(13(17)18)4-8(12)9(14)11-7(2-3-19)10(15)16/h4-5,7,19H,2-3H2,1H3,(H,11,14)(H,15,16). The number of rotatable bonds is 6. The fourth-order valence-electron chi connectivity index (χ4n) is 1.49. The van der Waals surface area contributed by atoms with E-state index in [2.05, 4.69) is 17.9 Å². The summed E-state index contributed by atoms with van der Waals surface area (Å²) < 4.78 is 1.27. The maximum absolute atomic E-state index is 11.8. The Balaban J connectivity index is 2.88. The van der Waals surface area contributed by atoms with Gasteiger partial charge in [-0.1, -0.05) is 0 Å². The highest BCUT2D eigenvalue weighted by molar-refractivity contribution is 7.80. The lowest BCUT2D eigenvalue weighted by atomic mass is 10.2. The minimum atomic E-state index is -1.17. The number of nitro groups is 1. The second kappa shape index (κ2) is 6.23. The van der Waals surface area contributed by atoms with Gasteiger partial charge in [-0.25, -0.2) is 4.79 Å². The third kappa shape index (κ3) is 3.71. The lowest BCUT2D eigenvalue weighted by Gasteiger charge is -2.13. The highest BCUT2D eigenvalue weighted by atomic mass is 32.1. The lowest BCUT2D eigenvalue weighted by Crippen LogP contribution is -2.41. The number of carboxylic acid groups (broad SMARTS) is 1. The molecule has 19 heavy (non-hydrogen) atoms. The number of aryl methyl sites for hydroxylation is 1. The van der Waals surface area contributed by atoms with E-state index in [0.29, 0.717) is 5.75 Å². The SMILES string of the molecule is Cn1cc([N+](=O)[O-])cc1C(=O)NC(CCS)C(=O)O. The molecule has 1 aromatic rings. The summed E-state index contributed by atoms with van der Waals surface area (Å²) in [4.78, 5) is 32.7. The number of nitrogens with one attached hydrogen (secondary N) is 1. The number of carbonyl (C=O) groups is 2. The van der Waals surface area contributed by atoms with E-state index in [-0.39, 0.29) is 17.8 Å². The number of carbonyl (C=O) groups excluding carboxylic acids is 1. The van der Waals surface area contributed by atoms with Crippen LogP contribution in [0.2, 0.25) is 0 Å². The maximum Gasteiger partial charge on any atom is 0.326 e. The zero-order valence-corrected chi connectivity index (χ0v) is 11.0. The number of nitrogens with zero attached hydrogens (tertiary/aromatic N) is 2. The Morgan fingerprint density at radius 3 is 2.68 bits per heavy atom. The Morgan fingerprint density at radius 2 is 2.26 bits per heavy atom. The van der Waals surface area contributed by atoms with E-state index in [0.717, 1.165) is 6.07 Å². The molecule has 0 saturated carbocycles. The minimum Gasteiger partial charge on any atom is -0.480 e. The summed E-state index contributed by atoms with van der Waals surface area (Å²) in [5.41, 5.74) is -0.203. The first-order chi connectivity index (χ1) is 8.86. The number of carboxylic acids is 1. The molecular formula is C10H13N3O5S. The molecule has 1 heterocycles. The Hall–Kier alpha value is -2.03. The van der Waals surface area contributed by atoms with Crippen molar-refractivity contribution >= 4 is 30.2 Å². The fourth-order valence-corrected chi connectivity index (χ4v) is 1.75. The summed E-state index contributed by atoms with van der Waals surface area (Å²) >= 11 is 3.91. The number of aliphatic carboxylic acids is 1. The van der Waals surface area contributed by atoms with Gasteiger partial charge in [-0.05, 0) is 12.2 Å². The molecule has 1 atom stereocenters. The molecule has 9 heteroatoms. The summed E-state index contributed by atoms with van der Waals surface area (Å²) in [6.45, 7) is 0. The van der Waals surface area contributed by atoms with E-state index in [4.69, 9.17) is 5.11 Å². The first-order valence-electron chi connectivity index (χ1n) is 5.32. The van der Waals surface area contributed by atoms with Crippen LogP contribution in [0.4, 0.5) is 5.69 Å². The lowest BCUT2D eigenvalue weighted by molar-refractivity contribution is -0.384. The molecule has 1 amide bonds. The Kier molecular flexibility index (Phi) is 4.93. The van der Waals surface area contributed by atoms with E-state index in [1.807, 2.05) is 0 Å². The van der Waals surface area contributed by atoms with Gasteiger partial charge in [0.05, 0.1) is 11.1 Å². The van der Waals surface area contributed by atoms with Crippen LogP contribution >= 0.6 is 12.6 Å². The number of hydrogen-bond donors (Lipinski definition) is 3. The van der Waals surface area contributed by atoms with Gasteiger partial charge in [-0.3, -0.25) is 14.9 Å². The summed E-state index contributed by atoms with van der Waals surface area (Å²) in [5, 5.41) is 21.8. The second-order valence-corrected chi connectivity index (χ2v) is 4.28. The smallest absolute Gasteiger partial charge is 0.326 e. The van der Waals surface area contributed by atoms with Gasteiger partial charge >= 0.3 is 5.97 Å². The van der Waals surface area contributed by atoms with Crippen molar-refractivity contribution in [2.75, 3.05) is 5.75 Å². The molecule has 0 aliphatic carbocycles. The van der Waals surface area contributed by atoms with Gasteiger partial charge in [-0.2, -0.15) is 12.6 Å².